The molecular weight excluding hydrogens is 274 g/mol. The predicted molar refractivity (Wildman–Crippen MR) is 81.9 cm³/mol. The number of carbonyl (C=O) groups excluding carboxylic acids is 1. The van der Waals surface area contributed by atoms with Gasteiger partial charge in [-0.05, 0) is 37.1 Å². The van der Waals surface area contributed by atoms with Gasteiger partial charge in [0.15, 0.2) is 0 Å². The van der Waals surface area contributed by atoms with Crippen molar-refractivity contribution < 1.29 is 4.79 Å². The zero-order chi connectivity index (χ0) is 13.3. The van der Waals surface area contributed by atoms with E-state index in [1.54, 1.807) is 0 Å². The fourth-order valence-electron chi connectivity index (χ4n) is 3.65. The molecule has 2 heterocycles. The second-order valence-electron chi connectivity index (χ2n) is 5.80. The Labute approximate surface area is 126 Å². The van der Waals surface area contributed by atoms with E-state index in [1.807, 2.05) is 0 Å². The van der Waals surface area contributed by atoms with Crippen LogP contribution in [-0.2, 0) is 16.8 Å². The Bertz CT molecular complexity index is 486. The molecule has 1 aromatic carbocycles. The highest BCUT2D eigenvalue weighted by Crippen LogP contribution is 2.40. The van der Waals surface area contributed by atoms with E-state index >= 15 is 0 Å². The lowest BCUT2D eigenvalue weighted by Gasteiger charge is -2.46. The number of rotatable bonds is 2. The van der Waals surface area contributed by atoms with Gasteiger partial charge in [-0.2, -0.15) is 0 Å². The van der Waals surface area contributed by atoms with E-state index in [0.29, 0.717) is 6.54 Å². The molecule has 4 nitrogen and oxygen atoms in total. The first kappa shape index (κ1) is 15.3. The summed E-state index contributed by atoms with van der Waals surface area (Å²) in [7, 11) is 0. The summed E-state index contributed by atoms with van der Waals surface area (Å²) in [6.07, 6.45) is 2.28. The molecule has 0 radical (unpaired) electrons. The molecule has 2 aliphatic heterocycles. The molecule has 1 spiro atoms. The number of amides is 1. The molecule has 0 atom stereocenters. The smallest absolute Gasteiger partial charge is 0.231 e. The number of nitrogens with two attached hydrogens (primary N) is 1. The molecule has 3 N–H and O–H groups in total. The van der Waals surface area contributed by atoms with Gasteiger partial charge in [0.1, 0.15) is 0 Å². The highest BCUT2D eigenvalue weighted by Gasteiger charge is 2.40. The summed E-state index contributed by atoms with van der Waals surface area (Å²) in [6.45, 7) is 4.27. The van der Waals surface area contributed by atoms with Crippen LogP contribution in [0.1, 0.15) is 24.0 Å². The van der Waals surface area contributed by atoms with Crippen molar-refractivity contribution in [2.45, 2.75) is 24.8 Å². The van der Waals surface area contributed by atoms with Crippen LogP contribution in [0.5, 0.6) is 0 Å². The number of hydrogen-bond acceptors (Lipinski definition) is 3. The van der Waals surface area contributed by atoms with Crippen molar-refractivity contribution in [3.63, 3.8) is 0 Å². The topological polar surface area (TPSA) is 58.4 Å². The van der Waals surface area contributed by atoms with E-state index in [1.165, 1.54) is 11.1 Å². The average molecular weight is 296 g/mol. The zero-order valence-corrected chi connectivity index (χ0v) is 12.4. The van der Waals surface area contributed by atoms with Gasteiger partial charge in [-0.3, -0.25) is 9.69 Å². The van der Waals surface area contributed by atoms with Crippen LogP contribution >= 0.6 is 12.4 Å². The molecule has 2 aliphatic rings. The van der Waals surface area contributed by atoms with Crippen LogP contribution < -0.4 is 11.1 Å². The number of primary amides is 1. The Morgan fingerprint density at radius 2 is 2.00 bits per heavy atom. The molecule has 0 bridgehead atoms. The van der Waals surface area contributed by atoms with Gasteiger partial charge in [0.2, 0.25) is 5.91 Å². The second-order valence-corrected chi connectivity index (χ2v) is 5.80. The molecule has 110 valence electrons. The summed E-state index contributed by atoms with van der Waals surface area (Å²) >= 11 is 0. The van der Waals surface area contributed by atoms with Crippen molar-refractivity contribution in [3.8, 4) is 0 Å². The first-order chi connectivity index (χ1) is 9.20. The Hall–Kier alpha value is -1.10. The third-order valence-corrected chi connectivity index (χ3v) is 4.45. The Morgan fingerprint density at radius 1 is 1.30 bits per heavy atom. The summed E-state index contributed by atoms with van der Waals surface area (Å²) in [6, 6.07) is 8.67. The van der Waals surface area contributed by atoms with Gasteiger partial charge in [0.25, 0.3) is 0 Å². The summed E-state index contributed by atoms with van der Waals surface area (Å²) < 4.78 is 0. The molecular formula is C15H22ClN3O. The largest absolute Gasteiger partial charge is 0.369 e. The minimum absolute atomic E-state index is 0. The van der Waals surface area contributed by atoms with Gasteiger partial charge < -0.3 is 11.1 Å². The summed E-state index contributed by atoms with van der Waals surface area (Å²) in [5.41, 5.74) is 8.41. The van der Waals surface area contributed by atoms with Crippen molar-refractivity contribution >= 4 is 18.3 Å². The van der Waals surface area contributed by atoms with Crippen molar-refractivity contribution in [2.75, 3.05) is 26.2 Å². The molecule has 1 saturated heterocycles. The minimum Gasteiger partial charge on any atom is -0.369 e. The molecule has 0 saturated carbocycles. The Balaban J connectivity index is 0.00000147. The van der Waals surface area contributed by atoms with Gasteiger partial charge in [0.05, 0.1) is 6.54 Å². The maximum Gasteiger partial charge on any atom is 0.231 e. The normalized spacial score (nSPS) is 21.0. The first-order valence-electron chi connectivity index (χ1n) is 6.99. The van der Waals surface area contributed by atoms with Crippen LogP contribution in [0, 0.1) is 0 Å². The third-order valence-electron chi connectivity index (χ3n) is 4.45. The summed E-state index contributed by atoms with van der Waals surface area (Å²) in [4.78, 5) is 13.4. The van der Waals surface area contributed by atoms with E-state index in [9.17, 15) is 4.79 Å². The van der Waals surface area contributed by atoms with Crippen LogP contribution in [0.4, 0.5) is 0 Å². The quantitative estimate of drug-likeness (QED) is 0.857. The van der Waals surface area contributed by atoms with E-state index in [2.05, 4.69) is 34.5 Å². The maximum absolute atomic E-state index is 11.2. The fraction of sp³-hybridized carbons (Fsp3) is 0.533. The molecule has 0 aliphatic carbocycles. The van der Waals surface area contributed by atoms with E-state index in [-0.39, 0.29) is 23.7 Å². The number of fused-ring (bicyclic) bond motifs is 2. The number of nitrogens with one attached hydrogen (secondary N) is 1. The lowest BCUT2D eigenvalue weighted by Crippen LogP contribution is -2.52. The van der Waals surface area contributed by atoms with Gasteiger partial charge in [-0.1, -0.05) is 24.3 Å². The first-order valence-corrected chi connectivity index (χ1v) is 6.99. The Kier molecular flexibility index (Phi) is 4.68. The standard InChI is InChI=1S/C15H21N3O.ClH/c16-14(19)10-18-9-12-3-1-2-4-13(12)15(11-18)5-7-17-8-6-15;/h1-4,17H,5-11H2,(H2,16,19);1H. The number of piperidine rings is 1. The van der Waals surface area contributed by atoms with Crippen molar-refractivity contribution in [2.24, 2.45) is 5.73 Å². The van der Waals surface area contributed by atoms with Gasteiger partial charge in [0, 0.05) is 18.5 Å². The molecule has 0 unspecified atom stereocenters. The number of hydrogen-bond donors (Lipinski definition) is 2. The molecule has 1 fully saturated rings. The van der Waals surface area contributed by atoms with Gasteiger partial charge >= 0.3 is 0 Å². The van der Waals surface area contributed by atoms with Crippen molar-refractivity contribution in [3.05, 3.63) is 35.4 Å². The number of carbonyl (C=O) groups is 1. The number of nitrogens with zero attached hydrogens (tertiary/aromatic N) is 1. The number of benzene rings is 1. The molecule has 3 rings (SSSR count). The van der Waals surface area contributed by atoms with E-state index < -0.39 is 0 Å². The molecule has 1 aromatic rings. The summed E-state index contributed by atoms with van der Waals surface area (Å²) in [5.74, 6) is -0.233. The third kappa shape index (κ3) is 2.82. The summed E-state index contributed by atoms with van der Waals surface area (Å²) in [5, 5.41) is 3.43. The van der Waals surface area contributed by atoms with Gasteiger partial charge in [-0.15, -0.1) is 12.4 Å². The van der Waals surface area contributed by atoms with Crippen molar-refractivity contribution in [1.82, 2.24) is 10.2 Å². The maximum atomic E-state index is 11.2. The van der Waals surface area contributed by atoms with E-state index in [4.69, 9.17) is 5.73 Å². The van der Waals surface area contributed by atoms with Crippen LogP contribution in [0.3, 0.4) is 0 Å². The highest BCUT2D eigenvalue weighted by molar-refractivity contribution is 5.85. The van der Waals surface area contributed by atoms with Crippen LogP contribution in [0.15, 0.2) is 24.3 Å². The monoisotopic (exact) mass is 295 g/mol. The number of halogens is 1. The van der Waals surface area contributed by atoms with Crippen molar-refractivity contribution in [1.29, 1.82) is 0 Å². The average Bonchev–Trinajstić information content (AvgIpc) is 2.39. The molecule has 20 heavy (non-hydrogen) atoms. The highest BCUT2D eigenvalue weighted by atomic mass is 35.5. The molecule has 5 heteroatoms. The molecule has 0 aromatic heterocycles. The minimum atomic E-state index is -0.233. The second kappa shape index (κ2) is 6.12. The van der Waals surface area contributed by atoms with Gasteiger partial charge in [-0.25, -0.2) is 0 Å². The fourth-order valence-corrected chi connectivity index (χ4v) is 3.65. The zero-order valence-electron chi connectivity index (χ0n) is 11.6. The van der Waals surface area contributed by atoms with Crippen LogP contribution in [0.25, 0.3) is 0 Å². The van der Waals surface area contributed by atoms with Crippen LogP contribution in [0.2, 0.25) is 0 Å². The van der Waals surface area contributed by atoms with Crippen LogP contribution in [-0.4, -0.2) is 37.0 Å². The lowest BCUT2D eigenvalue weighted by atomic mass is 9.69. The molecule has 1 amide bonds. The lowest BCUT2D eigenvalue weighted by molar-refractivity contribution is -0.119. The predicted octanol–water partition coefficient (Wildman–Crippen LogP) is 1.03. The Morgan fingerprint density at radius 3 is 2.70 bits per heavy atom. The van der Waals surface area contributed by atoms with E-state index in [0.717, 1.165) is 39.0 Å². The SMILES string of the molecule is Cl.NC(=O)CN1Cc2ccccc2C2(CCNCC2)C1.